The Balaban J connectivity index is 1.16. The number of piperazine rings is 1. The van der Waals surface area contributed by atoms with Crippen molar-refractivity contribution in [3.63, 3.8) is 0 Å². The summed E-state index contributed by atoms with van der Waals surface area (Å²) in [5.41, 5.74) is 5.10. The molecular formula is C26H30FN9O. The van der Waals surface area contributed by atoms with E-state index in [0.717, 1.165) is 53.3 Å². The van der Waals surface area contributed by atoms with Gasteiger partial charge in [-0.15, -0.1) is 0 Å². The summed E-state index contributed by atoms with van der Waals surface area (Å²) in [4.78, 5) is 21.4. The maximum Gasteiger partial charge on any atom is 0.317 e. The summed E-state index contributed by atoms with van der Waals surface area (Å²) in [6.07, 6.45) is 4.07. The van der Waals surface area contributed by atoms with Gasteiger partial charge in [-0.05, 0) is 56.2 Å². The topological polar surface area (TPSA) is 107 Å². The van der Waals surface area contributed by atoms with Crippen molar-refractivity contribution < 1.29 is 9.18 Å². The molecule has 0 bridgehead atoms. The molecule has 2 amide bonds. The summed E-state index contributed by atoms with van der Waals surface area (Å²) < 4.78 is 14.6. The van der Waals surface area contributed by atoms with Crippen LogP contribution in [-0.2, 0) is 0 Å². The van der Waals surface area contributed by atoms with E-state index in [4.69, 9.17) is 0 Å². The van der Waals surface area contributed by atoms with Crippen LogP contribution in [0.1, 0.15) is 29.8 Å². The number of carbonyl (C=O) groups is 1. The highest BCUT2D eigenvalue weighted by Crippen LogP contribution is 2.26. The summed E-state index contributed by atoms with van der Waals surface area (Å²) in [5.74, 6) is 0.872. The standard InChI is InChI=1S/C26H30FN9O/c1-17-10-22(31-24-12-18(2)32-33-24)13-23(11-17)34-6-8-35(9-7-34)26(37)30-19(3)20-4-5-25(28-14-20)36-16-21(27)15-29-36/h4-5,10-16,19H,6-9H2,1-3H3,(H,30,37)(H2,31,32,33)/t19-/m0/s1. The molecule has 0 saturated carbocycles. The van der Waals surface area contributed by atoms with Gasteiger partial charge < -0.3 is 20.4 Å². The van der Waals surface area contributed by atoms with Crippen LogP contribution in [0.4, 0.5) is 26.4 Å². The molecule has 37 heavy (non-hydrogen) atoms. The molecule has 3 N–H and O–H groups in total. The van der Waals surface area contributed by atoms with Crippen molar-refractivity contribution in [2.45, 2.75) is 26.8 Å². The largest absolute Gasteiger partial charge is 0.368 e. The van der Waals surface area contributed by atoms with Crippen molar-refractivity contribution in [1.82, 2.24) is 35.2 Å². The van der Waals surface area contributed by atoms with Crippen molar-refractivity contribution in [3.8, 4) is 5.82 Å². The third-order valence-electron chi connectivity index (χ3n) is 6.37. The Bertz CT molecular complexity index is 1370. The number of pyridine rings is 1. The molecule has 1 aliphatic rings. The zero-order valence-corrected chi connectivity index (χ0v) is 21.1. The van der Waals surface area contributed by atoms with Crippen LogP contribution < -0.4 is 15.5 Å². The minimum atomic E-state index is -0.421. The monoisotopic (exact) mass is 503 g/mol. The first-order chi connectivity index (χ1) is 17.8. The van der Waals surface area contributed by atoms with Gasteiger partial charge in [0.1, 0.15) is 0 Å². The number of hydrogen-bond donors (Lipinski definition) is 3. The molecule has 5 rings (SSSR count). The summed E-state index contributed by atoms with van der Waals surface area (Å²) >= 11 is 0. The molecule has 1 fully saturated rings. The van der Waals surface area contributed by atoms with Crippen LogP contribution >= 0.6 is 0 Å². The maximum atomic E-state index is 13.2. The van der Waals surface area contributed by atoms with Crippen molar-refractivity contribution in [3.05, 3.63) is 77.6 Å². The van der Waals surface area contributed by atoms with E-state index >= 15 is 0 Å². The highest BCUT2D eigenvalue weighted by atomic mass is 19.1. The lowest BCUT2D eigenvalue weighted by Gasteiger charge is -2.37. The number of aromatic amines is 1. The molecule has 192 valence electrons. The number of nitrogens with one attached hydrogen (secondary N) is 3. The number of urea groups is 1. The fourth-order valence-corrected chi connectivity index (χ4v) is 4.39. The van der Waals surface area contributed by atoms with Gasteiger partial charge in [-0.3, -0.25) is 5.10 Å². The Morgan fingerprint density at radius 2 is 1.89 bits per heavy atom. The van der Waals surface area contributed by atoms with E-state index in [1.54, 1.807) is 12.3 Å². The molecule has 3 aromatic heterocycles. The summed E-state index contributed by atoms with van der Waals surface area (Å²) in [6.45, 7) is 8.68. The quantitative estimate of drug-likeness (QED) is 0.366. The first-order valence-corrected chi connectivity index (χ1v) is 12.2. The number of rotatable bonds is 6. The second kappa shape index (κ2) is 10.3. The molecule has 4 aromatic rings. The van der Waals surface area contributed by atoms with Crippen LogP contribution in [0.2, 0.25) is 0 Å². The van der Waals surface area contributed by atoms with E-state index in [0.29, 0.717) is 18.9 Å². The zero-order valence-electron chi connectivity index (χ0n) is 21.1. The normalized spacial score (nSPS) is 14.5. The van der Waals surface area contributed by atoms with Gasteiger partial charge in [0.05, 0.1) is 18.4 Å². The second-order valence-corrected chi connectivity index (χ2v) is 9.32. The molecule has 11 heteroatoms. The second-order valence-electron chi connectivity index (χ2n) is 9.32. The summed E-state index contributed by atoms with van der Waals surface area (Å²) in [5, 5.41) is 17.5. The molecule has 0 aliphatic carbocycles. The average molecular weight is 504 g/mol. The highest BCUT2D eigenvalue weighted by molar-refractivity contribution is 5.75. The average Bonchev–Trinajstić information content (AvgIpc) is 3.51. The zero-order chi connectivity index (χ0) is 25.9. The number of carbonyl (C=O) groups excluding carboxylic acids is 1. The molecule has 1 saturated heterocycles. The number of nitrogens with zero attached hydrogens (tertiary/aromatic N) is 6. The lowest BCUT2D eigenvalue weighted by Crippen LogP contribution is -2.52. The molecule has 1 aliphatic heterocycles. The SMILES string of the molecule is Cc1cc(Nc2cc(C)[nH]n2)cc(N2CCN(C(=O)N[C@@H](C)c3ccc(-n4cc(F)cn4)nc3)CC2)c1. The van der Waals surface area contributed by atoms with Crippen LogP contribution in [0.15, 0.2) is 55.0 Å². The minimum absolute atomic E-state index is 0.106. The molecule has 1 aromatic carbocycles. The third kappa shape index (κ3) is 5.71. The summed E-state index contributed by atoms with van der Waals surface area (Å²) in [6, 6.07) is 11.6. The number of halogens is 1. The molecule has 0 spiro atoms. The highest BCUT2D eigenvalue weighted by Gasteiger charge is 2.23. The molecule has 1 atom stereocenters. The van der Waals surface area contributed by atoms with Gasteiger partial charge in [0.2, 0.25) is 0 Å². The number of anilines is 3. The third-order valence-corrected chi connectivity index (χ3v) is 6.37. The Morgan fingerprint density at radius 1 is 1.08 bits per heavy atom. The number of aryl methyl sites for hydroxylation is 2. The van der Waals surface area contributed by atoms with Crippen molar-refractivity contribution in [2.24, 2.45) is 0 Å². The predicted octanol–water partition coefficient (Wildman–Crippen LogP) is 4.08. The summed E-state index contributed by atoms with van der Waals surface area (Å²) in [7, 11) is 0. The number of hydrogen-bond acceptors (Lipinski definition) is 6. The molecule has 4 heterocycles. The van der Waals surface area contributed by atoms with E-state index in [2.05, 4.69) is 60.9 Å². The first-order valence-electron chi connectivity index (χ1n) is 12.2. The molecular weight excluding hydrogens is 473 g/mol. The van der Waals surface area contributed by atoms with E-state index < -0.39 is 5.82 Å². The van der Waals surface area contributed by atoms with Gasteiger partial charge in [0.25, 0.3) is 0 Å². The Morgan fingerprint density at radius 3 is 2.54 bits per heavy atom. The number of amides is 2. The first kappa shape index (κ1) is 24.3. The van der Waals surface area contributed by atoms with Gasteiger partial charge in [0.15, 0.2) is 17.5 Å². The Labute approximate surface area is 214 Å². The van der Waals surface area contributed by atoms with Crippen molar-refractivity contribution in [2.75, 3.05) is 36.4 Å². The van der Waals surface area contributed by atoms with E-state index in [1.165, 1.54) is 10.9 Å². The molecule has 0 unspecified atom stereocenters. The van der Waals surface area contributed by atoms with Gasteiger partial charge in [-0.25, -0.2) is 18.9 Å². The van der Waals surface area contributed by atoms with Crippen LogP contribution in [-0.4, -0.2) is 62.1 Å². The lowest BCUT2D eigenvalue weighted by molar-refractivity contribution is 0.191. The number of benzene rings is 1. The van der Waals surface area contributed by atoms with Crippen LogP contribution in [0.5, 0.6) is 0 Å². The number of H-pyrrole nitrogens is 1. The Hall–Kier alpha value is -4.41. The smallest absolute Gasteiger partial charge is 0.317 e. The van der Waals surface area contributed by atoms with Crippen molar-refractivity contribution >= 4 is 23.2 Å². The predicted molar refractivity (Wildman–Crippen MR) is 140 cm³/mol. The lowest BCUT2D eigenvalue weighted by atomic mass is 10.1. The number of aromatic nitrogens is 5. The van der Waals surface area contributed by atoms with Crippen LogP contribution in [0.25, 0.3) is 5.82 Å². The van der Waals surface area contributed by atoms with Gasteiger partial charge in [0, 0.05) is 55.5 Å². The van der Waals surface area contributed by atoms with E-state index in [1.807, 2.05) is 30.9 Å². The van der Waals surface area contributed by atoms with Gasteiger partial charge in [-0.2, -0.15) is 10.2 Å². The van der Waals surface area contributed by atoms with Crippen molar-refractivity contribution in [1.29, 1.82) is 0 Å². The fraction of sp³-hybridized carbons (Fsp3) is 0.308. The minimum Gasteiger partial charge on any atom is -0.368 e. The Kier molecular flexibility index (Phi) is 6.76. The molecule has 10 nitrogen and oxygen atoms in total. The van der Waals surface area contributed by atoms with Crippen LogP contribution in [0, 0.1) is 19.7 Å². The fourth-order valence-electron chi connectivity index (χ4n) is 4.39. The van der Waals surface area contributed by atoms with Crippen LogP contribution in [0.3, 0.4) is 0 Å². The maximum absolute atomic E-state index is 13.2. The van der Waals surface area contributed by atoms with Gasteiger partial charge >= 0.3 is 6.03 Å². The van der Waals surface area contributed by atoms with Gasteiger partial charge in [-0.1, -0.05) is 6.07 Å². The van der Waals surface area contributed by atoms with E-state index in [9.17, 15) is 9.18 Å². The van der Waals surface area contributed by atoms with E-state index in [-0.39, 0.29) is 12.1 Å². The molecule has 0 radical (unpaired) electrons.